The molecule has 0 aromatic heterocycles. The zero-order valence-corrected chi connectivity index (χ0v) is 14.5. The average molecular weight is 285 g/mol. The molecule has 0 aromatic rings. The highest BCUT2D eigenvalue weighted by Gasteiger charge is 2.13. The van der Waals surface area contributed by atoms with Gasteiger partial charge in [-0.05, 0) is 25.7 Å². The van der Waals surface area contributed by atoms with Crippen LogP contribution in [0.5, 0.6) is 0 Å². The highest BCUT2D eigenvalue weighted by Crippen LogP contribution is 2.21. The van der Waals surface area contributed by atoms with Gasteiger partial charge in [0.15, 0.2) is 0 Å². The average Bonchev–Trinajstić information content (AvgIpc) is 2.43. The second kappa shape index (κ2) is 15.4. The number of unbranched alkanes of at least 4 members (excludes halogenated alkanes) is 10. The molecule has 0 aliphatic carbocycles. The number of rotatable bonds is 15. The van der Waals surface area contributed by atoms with Crippen molar-refractivity contribution in [3.63, 3.8) is 0 Å². The van der Waals surface area contributed by atoms with Crippen LogP contribution < -0.4 is 0 Å². The van der Waals surface area contributed by atoms with Gasteiger partial charge in [0, 0.05) is 0 Å². The summed E-state index contributed by atoms with van der Waals surface area (Å²) in [5.41, 5.74) is 0. The smallest absolute Gasteiger partial charge is 0.0540 e. The van der Waals surface area contributed by atoms with Gasteiger partial charge in [0.05, 0.1) is 6.10 Å². The third-order valence-corrected chi connectivity index (χ3v) is 4.54. The van der Waals surface area contributed by atoms with Crippen molar-refractivity contribution in [2.75, 3.05) is 0 Å². The van der Waals surface area contributed by atoms with Crippen LogP contribution in [0.15, 0.2) is 0 Å². The van der Waals surface area contributed by atoms with Crippen LogP contribution in [-0.2, 0) is 0 Å². The largest absolute Gasteiger partial charge is 0.393 e. The van der Waals surface area contributed by atoms with Crippen LogP contribution in [0.2, 0.25) is 0 Å². The number of aliphatic hydroxyl groups excluding tert-OH is 1. The molecule has 0 radical (unpaired) electrons. The lowest BCUT2D eigenvalue weighted by atomic mass is 9.90. The first kappa shape index (κ1) is 20.0. The van der Waals surface area contributed by atoms with Gasteiger partial charge in [-0.15, -0.1) is 0 Å². The molecule has 0 amide bonds. The maximum atomic E-state index is 9.87. The predicted octanol–water partition coefficient (Wildman–Crippen LogP) is 6.48. The Hall–Kier alpha value is -0.0400. The summed E-state index contributed by atoms with van der Waals surface area (Å²) in [4.78, 5) is 0. The van der Waals surface area contributed by atoms with E-state index in [1.54, 1.807) is 0 Å². The number of aliphatic hydroxyl groups is 1. The molecule has 122 valence electrons. The van der Waals surface area contributed by atoms with Crippen molar-refractivity contribution in [2.24, 2.45) is 5.92 Å². The summed E-state index contributed by atoms with van der Waals surface area (Å²) < 4.78 is 0. The van der Waals surface area contributed by atoms with Gasteiger partial charge >= 0.3 is 0 Å². The molecule has 20 heavy (non-hydrogen) atoms. The molecular weight excluding hydrogens is 244 g/mol. The first-order chi connectivity index (χ1) is 9.72. The van der Waals surface area contributed by atoms with Crippen molar-refractivity contribution in [3.05, 3.63) is 0 Å². The molecule has 0 saturated heterocycles. The second-order valence-electron chi connectivity index (χ2n) is 6.61. The van der Waals surface area contributed by atoms with Gasteiger partial charge in [-0.1, -0.05) is 90.9 Å². The Morgan fingerprint density at radius 3 is 1.35 bits per heavy atom. The van der Waals surface area contributed by atoms with Crippen LogP contribution in [0.1, 0.15) is 111 Å². The summed E-state index contributed by atoms with van der Waals surface area (Å²) in [6, 6.07) is 0. The van der Waals surface area contributed by atoms with Gasteiger partial charge in [-0.3, -0.25) is 0 Å². The summed E-state index contributed by atoms with van der Waals surface area (Å²) in [6.07, 6.45) is 18.7. The Morgan fingerprint density at radius 2 is 0.950 bits per heavy atom. The lowest BCUT2D eigenvalue weighted by Gasteiger charge is -2.19. The maximum absolute atomic E-state index is 9.87. The Balaban J connectivity index is 3.46. The molecule has 0 bridgehead atoms. The van der Waals surface area contributed by atoms with E-state index < -0.39 is 0 Å². The van der Waals surface area contributed by atoms with Crippen molar-refractivity contribution in [1.29, 1.82) is 0 Å². The first-order valence-electron chi connectivity index (χ1n) is 9.40. The minimum atomic E-state index is -0.110. The van der Waals surface area contributed by atoms with Crippen molar-refractivity contribution in [2.45, 2.75) is 117 Å². The van der Waals surface area contributed by atoms with E-state index in [0.717, 1.165) is 0 Å². The Kier molecular flexibility index (Phi) is 15.3. The third kappa shape index (κ3) is 13.0. The van der Waals surface area contributed by atoms with E-state index in [4.69, 9.17) is 0 Å². The fourth-order valence-corrected chi connectivity index (χ4v) is 3.00. The molecule has 2 atom stereocenters. The van der Waals surface area contributed by atoms with Crippen LogP contribution in [0.3, 0.4) is 0 Å². The van der Waals surface area contributed by atoms with Crippen LogP contribution in [0.25, 0.3) is 0 Å². The Bertz CT molecular complexity index is 177. The molecule has 0 saturated carbocycles. The van der Waals surface area contributed by atoms with Crippen LogP contribution in [-0.4, -0.2) is 11.2 Å². The van der Waals surface area contributed by atoms with Crippen LogP contribution >= 0.6 is 0 Å². The number of hydrogen-bond donors (Lipinski definition) is 1. The normalized spacial score (nSPS) is 14.4. The Labute approximate surface area is 128 Å². The summed E-state index contributed by atoms with van der Waals surface area (Å²) in [7, 11) is 0. The van der Waals surface area contributed by atoms with Gasteiger partial charge in [0.1, 0.15) is 0 Å². The molecule has 0 aliphatic heterocycles. The second-order valence-corrected chi connectivity index (χ2v) is 6.61. The molecule has 0 fully saturated rings. The highest BCUT2D eigenvalue weighted by atomic mass is 16.3. The molecule has 0 aromatic carbocycles. The van der Waals surface area contributed by atoms with E-state index in [9.17, 15) is 5.11 Å². The minimum Gasteiger partial charge on any atom is -0.393 e. The van der Waals surface area contributed by atoms with Crippen LogP contribution in [0, 0.1) is 5.92 Å². The lowest BCUT2D eigenvalue weighted by Crippen LogP contribution is -2.16. The lowest BCUT2D eigenvalue weighted by molar-refractivity contribution is 0.111. The zero-order chi connectivity index (χ0) is 15.1. The first-order valence-corrected chi connectivity index (χ1v) is 9.40. The third-order valence-electron chi connectivity index (χ3n) is 4.54. The molecule has 0 aliphatic rings. The molecular formula is C19H40O. The highest BCUT2D eigenvalue weighted by molar-refractivity contribution is 4.65. The molecule has 0 heterocycles. The monoisotopic (exact) mass is 284 g/mol. The van der Waals surface area contributed by atoms with E-state index >= 15 is 0 Å². The minimum absolute atomic E-state index is 0.110. The quantitative estimate of drug-likeness (QED) is 0.341. The van der Waals surface area contributed by atoms with E-state index in [1.165, 1.54) is 89.9 Å². The van der Waals surface area contributed by atoms with Gasteiger partial charge in [-0.2, -0.15) is 0 Å². The fourth-order valence-electron chi connectivity index (χ4n) is 3.00. The van der Waals surface area contributed by atoms with Crippen molar-refractivity contribution in [3.8, 4) is 0 Å². The number of hydrogen-bond acceptors (Lipinski definition) is 1. The summed E-state index contributed by atoms with van der Waals surface area (Å²) in [5.74, 6) is 0.548. The van der Waals surface area contributed by atoms with E-state index in [2.05, 4.69) is 13.8 Å². The predicted molar refractivity (Wildman–Crippen MR) is 91.2 cm³/mol. The summed E-state index contributed by atoms with van der Waals surface area (Å²) in [6.45, 7) is 6.51. The zero-order valence-electron chi connectivity index (χ0n) is 14.5. The molecule has 1 N–H and O–H groups in total. The Morgan fingerprint density at radius 1 is 0.600 bits per heavy atom. The standard InChI is InChI=1S/C19H40O/c1-4-6-8-10-11-12-13-15-17-19(18(3)20)16-14-9-7-5-2/h18-20H,4-17H2,1-3H3/t18-,19?/m0/s1. The fraction of sp³-hybridized carbons (Fsp3) is 1.00. The van der Waals surface area contributed by atoms with Crippen molar-refractivity contribution >= 4 is 0 Å². The summed E-state index contributed by atoms with van der Waals surface area (Å²) >= 11 is 0. The topological polar surface area (TPSA) is 20.2 Å². The SMILES string of the molecule is CCCCCCCCCCC(CCCCCC)[C@H](C)O. The summed E-state index contributed by atoms with van der Waals surface area (Å²) in [5, 5.41) is 9.87. The van der Waals surface area contributed by atoms with Crippen molar-refractivity contribution in [1.82, 2.24) is 0 Å². The van der Waals surface area contributed by atoms with Crippen LogP contribution in [0.4, 0.5) is 0 Å². The molecule has 0 rings (SSSR count). The van der Waals surface area contributed by atoms with E-state index in [1.807, 2.05) is 6.92 Å². The van der Waals surface area contributed by atoms with Gasteiger partial charge in [0.2, 0.25) is 0 Å². The van der Waals surface area contributed by atoms with Crippen molar-refractivity contribution < 1.29 is 5.11 Å². The van der Waals surface area contributed by atoms with E-state index in [-0.39, 0.29) is 6.10 Å². The maximum Gasteiger partial charge on any atom is 0.0540 e. The van der Waals surface area contributed by atoms with Gasteiger partial charge in [0.25, 0.3) is 0 Å². The molecule has 0 spiro atoms. The molecule has 1 unspecified atom stereocenters. The molecule has 1 heteroatoms. The molecule has 1 nitrogen and oxygen atoms in total. The van der Waals surface area contributed by atoms with Gasteiger partial charge < -0.3 is 5.11 Å². The van der Waals surface area contributed by atoms with E-state index in [0.29, 0.717) is 5.92 Å². The van der Waals surface area contributed by atoms with Gasteiger partial charge in [-0.25, -0.2) is 0 Å².